The van der Waals surface area contributed by atoms with Crippen LogP contribution >= 0.6 is 0 Å². The summed E-state index contributed by atoms with van der Waals surface area (Å²) in [7, 11) is 0. The molecule has 0 atom stereocenters. The standard InChI is InChI=1S/C30H36N2O2/c1-3-5-14-30(15-6-4-2)27-19-22(18-23(21-31)29(33)34)10-12-25(27)26-13-11-24(20-28(26)30)32-16-8-7-9-17-32/h10-13,18-20H,3-9,14-17H2,1-2H3,(H,33,34). The van der Waals surface area contributed by atoms with E-state index in [4.69, 9.17) is 0 Å². The summed E-state index contributed by atoms with van der Waals surface area (Å²) in [6.07, 6.45) is 12.1. The number of piperidine rings is 1. The fourth-order valence-electron chi connectivity index (χ4n) is 5.87. The summed E-state index contributed by atoms with van der Waals surface area (Å²) in [4.78, 5) is 14.0. The Morgan fingerprint density at radius 1 is 1.00 bits per heavy atom. The van der Waals surface area contributed by atoms with Crippen LogP contribution in [0.25, 0.3) is 17.2 Å². The van der Waals surface area contributed by atoms with Crippen LogP contribution in [0.4, 0.5) is 5.69 Å². The summed E-state index contributed by atoms with van der Waals surface area (Å²) in [5, 5.41) is 18.6. The number of hydrogen-bond donors (Lipinski definition) is 1. The summed E-state index contributed by atoms with van der Waals surface area (Å²) in [6.45, 7) is 6.76. The van der Waals surface area contributed by atoms with Crippen molar-refractivity contribution in [2.24, 2.45) is 0 Å². The molecule has 0 aromatic heterocycles. The molecule has 1 fully saturated rings. The van der Waals surface area contributed by atoms with Gasteiger partial charge in [-0.1, -0.05) is 63.8 Å². The first kappa shape index (κ1) is 24.1. The Morgan fingerprint density at radius 3 is 2.21 bits per heavy atom. The predicted molar refractivity (Wildman–Crippen MR) is 139 cm³/mol. The number of carboxylic acids is 1. The first-order valence-corrected chi connectivity index (χ1v) is 12.9. The van der Waals surface area contributed by atoms with Crippen LogP contribution < -0.4 is 4.90 Å². The van der Waals surface area contributed by atoms with Gasteiger partial charge in [-0.3, -0.25) is 0 Å². The maximum absolute atomic E-state index is 11.4. The molecular weight excluding hydrogens is 420 g/mol. The van der Waals surface area contributed by atoms with Crippen molar-refractivity contribution in [3.63, 3.8) is 0 Å². The van der Waals surface area contributed by atoms with Gasteiger partial charge in [0.25, 0.3) is 0 Å². The van der Waals surface area contributed by atoms with E-state index in [-0.39, 0.29) is 11.0 Å². The number of carbonyl (C=O) groups is 1. The summed E-state index contributed by atoms with van der Waals surface area (Å²) >= 11 is 0. The second-order valence-corrected chi connectivity index (χ2v) is 9.85. The minimum Gasteiger partial charge on any atom is -0.477 e. The van der Waals surface area contributed by atoms with Crippen molar-refractivity contribution in [2.45, 2.75) is 77.0 Å². The molecule has 2 aromatic rings. The Bertz CT molecular complexity index is 1110. The molecule has 1 N–H and O–H groups in total. The van der Waals surface area contributed by atoms with Crippen LogP contribution in [-0.4, -0.2) is 24.2 Å². The number of anilines is 1. The van der Waals surface area contributed by atoms with Crippen molar-refractivity contribution < 1.29 is 9.90 Å². The maximum Gasteiger partial charge on any atom is 0.346 e. The minimum atomic E-state index is -1.18. The van der Waals surface area contributed by atoms with Crippen LogP contribution in [0.2, 0.25) is 0 Å². The number of carboxylic acid groups (broad SMARTS) is 1. The molecular formula is C30H36N2O2. The lowest BCUT2D eigenvalue weighted by molar-refractivity contribution is -0.132. The number of benzene rings is 2. The van der Waals surface area contributed by atoms with Gasteiger partial charge in [0, 0.05) is 24.2 Å². The molecule has 2 aliphatic rings. The maximum atomic E-state index is 11.4. The Balaban J connectivity index is 1.87. The lowest BCUT2D eigenvalue weighted by atomic mass is 9.70. The smallest absolute Gasteiger partial charge is 0.346 e. The molecule has 1 heterocycles. The minimum absolute atomic E-state index is 0.0671. The van der Waals surface area contributed by atoms with Gasteiger partial charge in [0.1, 0.15) is 11.6 Å². The van der Waals surface area contributed by atoms with Crippen LogP contribution in [0.3, 0.4) is 0 Å². The van der Waals surface area contributed by atoms with Crippen LogP contribution in [0, 0.1) is 11.3 Å². The molecule has 1 aliphatic carbocycles. The zero-order valence-corrected chi connectivity index (χ0v) is 20.6. The van der Waals surface area contributed by atoms with Gasteiger partial charge in [0.15, 0.2) is 0 Å². The van der Waals surface area contributed by atoms with Gasteiger partial charge in [0.05, 0.1) is 0 Å². The number of fused-ring (bicyclic) bond motifs is 3. The average molecular weight is 457 g/mol. The van der Waals surface area contributed by atoms with Gasteiger partial charge in [-0.2, -0.15) is 5.26 Å². The average Bonchev–Trinajstić information content (AvgIpc) is 3.13. The molecule has 1 aliphatic heterocycles. The topological polar surface area (TPSA) is 64.3 Å². The van der Waals surface area contributed by atoms with E-state index < -0.39 is 5.97 Å². The van der Waals surface area contributed by atoms with E-state index in [2.05, 4.69) is 49.1 Å². The highest BCUT2D eigenvalue weighted by Gasteiger charge is 2.42. The molecule has 0 radical (unpaired) electrons. The van der Waals surface area contributed by atoms with Crippen molar-refractivity contribution in [1.82, 2.24) is 0 Å². The molecule has 4 nitrogen and oxygen atoms in total. The second-order valence-electron chi connectivity index (χ2n) is 9.85. The Morgan fingerprint density at radius 2 is 1.62 bits per heavy atom. The first-order chi connectivity index (χ1) is 16.5. The molecule has 0 unspecified atom stereocenters. The van der Waals surface area contributed by atoms with E-state index in [1.165, 1.54) is 53.3 Å². The van der Waals surface area contributed by atoms with Gasteiger partial charge in [-0.05, 0) is 78.1 Å². The molecule has 0 saturated carbocycles. The van der Waals surface area contributed by atoms with E-state index in [0.717, 1.165) is 57.2 Å². The van der Waals surface area contributed by atoms with Gasteiger partial charge in [0.2, 0.25) is 0 Å². The monoisotopic (exact) mass is 456 g/mol. The van der Waals surface area contributed by atoms with Crippen molar-refractivity contribution in [3.05, 3.63) is 58.7 Å². The second kappa shape index (κ2) is 10.5. The summed E-state index contributed by atoms with van der Waals surface area (Å²) in [6, 6.07) is 15.1. The Hall–Kier alpha value is -3.06. The molecule has 178 valence electrons. The third-order valence-corrected chi connectivity index (χ3v) is 7.67. The van der Waals surface area contributed by atoms with E-state index in [1.807, 2.05) is 12.1 Å². The summed E-state index contributed by atoms with van der Waals surface area (Å²) in [5.41, 5.74) is 7.15. The number of aliphatic carboxylic acids is 1. The van der Waals surface area contributed by atoms with E-state index in [9.17, 15) is 15.2 Å². The molecule has 2 aromatic carbocycles. The third-order valence-electron chi connectivity index (χ3n) is 7.67. The number of nitriles is 1. The van der Waals surface area contributed by atoms with E-state index in [0.29, 0.717) is 0 Å². The van der Waals surface area contributed by atoms with Gasteiger partial charge in [-0.15, -0.1) is 0 Å². The summed E-state index contributed by atoms with van der Waals surface area (Å²) < 4.78 is 0. The first-order valence-electron chi connectivity index (χ1n) is 12.9. The fraction of sp³-hybridized carbons (Fsp3) is 0.467. The van der Waals surface area contributed by atoms with Gasteiger partial charge < -0.3 is 10.0 Å². The van der Waals surface area contributed by atoms with Crippen LogP contribution in [0.15, 0.2) is 42.0 Å². The van der Waals surface area contributed by atoms with Crippen LogP contribution in [-0.2, 0) is 10.2 Å². The normalized spacial score (nSPS) is 16.6. The molecule has 34 heavy (non-hydrogen) atoms. The molecule has 4 rings (SSSR count). The van der Waals surface area contributed by atoms with Gasteiger partial charge in [-0.25, -0.2) is 4.79 Å². The molecule has 4 heteroatoms. The molecule has 0 amide bonds. The lowest BCUT2D eigenvalue weighted by Gasteiger charge is -2.34. The Kier molecular flexibility index (Phi) is 7.41. The highest BCUT2D eigenvalue weighted by Crippen LogP contribution is 2.55. The highest BCUT2D eigenvalue weighted by molar-refractivity contribution is 5.96. The van der Waals surface area contributed by atoms with Crippen LogP contribution in [0.1, 0.15) is 88.3 Å². The zero-order chi connectivity index (χ0) is 24.1. The highest BCUT2D eigenvalue weighted by atomic mass is 16.4. The summed E-state index contributed by atoms with van der Waals surface area (Å²) in [5.74, 6) is -1.18. The SMILES string of the molecule is CCCCC1(CCCC)c2cc(C=C(C#N)C(=O)O)ccc2-c2ccc(N3CCCCC3)cc21. The lowest BCUT2D eigenvalue weighted by Crippen LogP contribution is -2.30. The zero-order valence-electron chi connectivity index (χ0n) is 20.6. The molecule has 0 spiro atoms. The predicted octanol–water partition coefficient (Wildman–Crippen LogP) is 7.32. The van der Waals surface area contributed by atoms with Crippen molar-refractivity contribution in [1.29, 1.82) is 5.26 Å². The van der Waals surface area contributed by atoms with Crippen LogP contribution in [0.5, 0.6) is 0 Å². The van der Waals surface area contributed by atoms with Crippen molar-refractivity contribution in [2.75, 3.05) is 18.0 Å². The molecule has 0 bridgehead atoms. The number of unbranched alkanes of at least 4 members (excludes halogenated alkanes) is 2. The van der Waals surface area contributed by atoms with Crippen molar-refractivity contribution >= 4 is 17.7 Å². The Labute approximate surface area is 203 Å². The number of nitrogens with zero attached hydrogens (tertiary/aromatic N) is 2. The fourth-order valence-corrected chi connectivity index (χ4v) is 5.87. The van der Waals surface area contributed by atoms with E-state index >= 15 is 0 Å². The van der Waals surface area contributed by atoms with E-state index in [1.54, 1.807) is 0 Å². The third kappa shape index (κ3) is 4.49. The van der Waals surface area contributed by atoms with Gasteiger partial charge >= 0.3 is 5.97 Å². The number of hydrogen-bond acceptors (Lipinski definition) is 3. The number of rotatable bonds is 9. The molecule has 1 saturated heterocycles. The largest absolute Gasteiger partial charge is 0.477 e. The van der Waals surface area contributed by atoms with Crippen molar-refractivity contribution in [3.8, 4) is 17.2 Å². The quantitative estimate of drug-likeness (QED) is 0.317.